The van der Waals surface area contributed by atoms with Crippen LogP contribution < -0.4 is 10.6 Å². The number of hydrogen-bond donors (Lipinski definition) is 2. The molecule has 0 amide bonds. The Kier molecular flexibility index (Phi) is 7.85. The van der Waals surface area contributed by atoms with Gasteiger partial charge < -0.3 is 10.6 Å². The summed E-state index contributed by atoms with van der Waals surface area (Å²) in [6, 6.07) is 15.6. The molecule has 5 nitrogen and oxygen atoms in total. The molecule has 0 saturated carbocycles. The predicted octanol–water partition coefficient (Wildman–Crippen LogP) is 2.74. The molecule has 0 spiro atoms. The number of nitrogens with zero attached hydrogens (tertiary/aromatic N) is 1. The molecule has 0 fully saturated rings. The molecule has 0 aliphatic rings. The van der Waals surface area contributed by atoms with Crippen LogP contribution in [-0.2, 0) is 22.7 Å². The van der Waals surface area contributed by atoms with Crippen molar-refractivity contribution in [2.45, 2.75) is 31.6 Å². The fraction of sp³-hybridized carbons (Fsp3) is 0.381. The van der Waals surface area contributed by atoms with Crippen molar-refractivity contribution < 1.29 is 8.42 Å². The summed E-state index contributed by atoms with van der Waals surface area (Å²) >= 11 is 0. The Balaban J connectivity index is 1.83. The van der Waals surface area contributed by atoms with Crippen molar-refractivity contribution in [3.63, 3.8) is 0 Å². The van der Waals surface area contributed by atoms with Crippen molar-refractivity contribution in [3.05, 3.63) is 65.2 Å². The van der Waals surface area contributed by atoms with Crippen molar-refractivity contribution in [2.75, 3.05) is 25.9 Å². The smallest absolute Gasteiger partial charge is 0.191 e. The largest absolute Gasteiger partial charge is 0.357 e. The van der Waals surface area contributed by atoms with Gasteiger partial charge in [-0.2, -0.15) is 0 Å². The Morgan fingerprint density at radius 2 is 1.52 bits per heavy atom. The fourth-order valence-electron chi connectivity index (χ4n) is 2.62. The SMILES string of the molecule is CCNC(=NCCc1ccc(C)cc1)NCCc1ccc(S(C)(=O)=O)cc1. The number of sulfone groups is 1. The van der Waals surface area contributed by atoms with Crippen LogP contribution in [0.5, 0.6) is 0 Å². The van der Waals surface area contributed by atoms with E-state index in [-0.39, 0.29) is 0 Å². The van der Waals surface area contributed by atoms with Gasteiger partial charge in [0.15, 0.2) is 15.8 Å². The molecule has 0 saturated heterocycles. The van der Waals surface area contributed by atoms with Gasteiger partial charge in [-0.05, 0) is 49.9 Å². The summed E-state index contributed by atoms with van der Waals surface area (Å²) in [7, 11) is -3.14. The zero-order valence-electron chi connectivity index (χ0n) is 16.3. The minimum atomic E-state index is -3.14. The van der Waals surface area contributed by atoms with E-state index in [0.717, 1.165) is 44.0 Å². The normalized spacial score (nSPS) is 12.0. The third-order valence-electron chi connectivity index (χ3n) is 4.19. The standard InChI is InChI=1S/C21H29N3O2S/c1-4-22-21(23-15-13-18-7-5-17(2)6-8-18)24-16-14-19-9-11-20(12-10-19)27(3,25)26/h5-12H,4,13-16H2,1-3H3,(H2,22,23,24). The first-order valence-electron chi connectivity index (χ1n) is 9.25. The monoisotopic (exact) mass is 387 g/mol. The maximum Gasteiger partial charge on any atom is 0.191 e. The number of aryl methyl sites for hydroxylation is 1. The van der Waals surface area contributed by atoms with Crippen molar-refractivity contribution in [2.24, 2.45) is 4.99 Å². The molecule has 0 aliphatic heterocycles. The molecule has 2 N–H and O–H groups in total. The number of benzene rings is 2. The molecular formula is C21H29N3O2S. The van der Waals surface area contributed by atoms with Gasteiger partial charge in [-0.25, -0.2) is 8.42 Å². The Labute approximate surface area is 162 Å². The lowest BCUT2D eigenvalue weighted by atomic mass is 10.1. The predicted molar refractivity (Wildman–Crippen MR) is 112 cm³/mol. The lowest BCUT2D eigenvalue weighted by Crippen LogP contribution is -2.38. The molecule has 6 heteroatoms. The molecule has 2 aromatic rings. The molecule has 2 aromatic carbocycles. The summed E-state index contributed by atoms with van der Waals surface area (Å²) in [5, 5.41) is 6.58. The van der Waals surface area contributed by atoms with Gasteiger partial charge in [0.05, 0.1) is 4.90 Å². The van der Waals surface area contributed by atoms with Crippen LogP contribution in [0.4, 0.5) is 0 Å². The van der Waals surface area contributed by atoms with Gasteiger partial charge in [0.2, 0.25) is 0 Å². The van der Waals surface area contributed by atoms with E-state index in [0.29, 0.717) is 4.90 Å². The lowest BCUT2D eigenvalue weighted by Gasteiger charge is -2.11. The van der Waals surface area contributed by atoms with Gasteiger partial charge in [0.1, 0.15) is 0 Å². The number of nitrogens with one attached hydrogen (secondary N) is 2. The first kappa shape index (κ1) is 21.0. The van der Waals surface area contributed by atoms with Gasteiger partial charge in [-0.3, -0.25) is 4.99 Å². The third-order valence-corrected chi connectivity index (χ3v) is 5.32. The number of guanidine groups is 1. The maximum absolute atomic E-state index is 11.5. The van der Waals surface area contributed by atoms with Gasteiger partial charge >= 0.3 is 0 Å². The molecule has 27 heavy (non-hydrogen) atoms. The summed E-state index contributed by atoms with van der Waals surface area (Å²) in [5.74, 6) is 0.803. The zero-order valence-corrected chi connectivity index (χ0v) is 17.1. The van der Waals surface area contributed by atoms with Crippen LogP contribution in [0.25, 0.3) is 0 Å². The fourth-order valence-corrected chi connectivity index (χ4v) is 3.25. The molecule has 0 aliphatic carbocycles. The quantitative estimate of drug-likeness (QED) is 0.540. The Bertz CT molecular complexity index is 842. The first-order valence-corrected chi connectivity index (χ1v) is 11.1. The molecule has 0 unspecified atom stereocenters. The highest BCUT2D eigenvalue weighted by atomic mass is 32.2. The van der Waals surface area contributed by atoms with Crippen molar-refractivity contribution >= 4 is 15.8 Å². The van der Waals surface area contributed by atoms with E-state index in [1.165, 1.54) is 17.4 Å². The van der Waals surface area contributed by atoms with E-state index in [4.69, 9.17) is 0 Å². The highest BCUT2D eigenvalue weighted by Crippen LogP contribution is 2.10. The Morgan fingerprint density at radius 1 is 0.926 bits per heavy atom. The van der Waals surface area contributed by atoms with Crippen molar-refractivity contribution in [1.29, 1.82) is 0 Å². The van der Waals surface area contributed by atoms with E-state index in [1.54, 1.807) is 12.1 Å². The second-order valence-electron chi connectivity index (χ2n) is 6.59. The number of rotatable bonds is 8. The lowest BCUT2D eigenvalue weighted by molar-refractivity contribution is 0.602. The van der Waals surface area contributed by atoms with Crippen molar-refractivity contribution in [1.82, 2.24) is 10.6 Å². The van der Waals surface area contributed by atoms with Crippen molar-refractivity contribution in [3.8, 4) is 0 Å². The average Bonchev–Trinajstić information content (AvgIpc) is 2.63. The summed E-state index contributed by atoms with van der Waals surface area (Å²) in [6.45, 7) is 6.39. The van der Waals surface area contributed by atoms with Crippen LogP contribution in [0, 0.1) is 6.92 Å². The van der Waals surface area contributed by atoms with E-state index in [9.17, 15) is 8.42 Å². The highest BCUT2D eigenvalue weighted by Gasteiger charge is 2.06. The average molecular weight is 388 g/mol. The van der Waals surface area contributed by atoms with Crippen LogP contribution in [0.15, 0.2) is 58.4 Å². The number of hydrogen-bond acceptors (Lipinski definition) is 3. The van der Waals surface area contributed by atoms with Gasteiger partial charge in [0, 0.05) is 25.9 Å². The molecule has 2 rings (SSSR count). The van der Waals surface area contributed by atoms with E-state index in [1.807, 2.05) is 19.1 Å². The molecule has 0 aromatic heterocycles. The molecular weight excluding hydrogens is 358 g/mol. The summed E-state index contributed by atoms with van der Waals surface area (Å²) in [6.07, 6.45) is 2.93. The Morgan fingerprint density at radius 3 is 2.11 bits per heavy atom. The first-order chi connectivity index (χ1) is 12.9. The van der Waals surface area contributed by atoms with E-state index < -0.39 is 9.84 Å². The van der Waals surface area contributed by atoms with E-state index >= 15 is 0 Å². The van der Waals surface area contributed by atoms with Gasteiger partial charge in [-0.1, -0.05) is 42.0 Å². The van der Waals surface area contributed by atoms with Gasteiger partial charge in [-0.15, -0.1) is 0 Å². The summed E-state index contributed by atoms with van der Waals surface area (Å²) in [5.41, 5.74) is 3.64. The maximum atomic E-state index is 11.5. The third kappa shape index (κ3) is 7.43. The van der Waals surface area contributed by atoms with Crippen LogP contribution >= 0.6 is 0 Å². The molecule has 146 valence electrons. The minimum absolute atomic E-state index is 0.352. The molecule has 0 radical (unpaired) electrons. The minimum Gasteiger partial charge on any atom is -0.357 e. The summed E-state index contributed by atoms with van der Waals surface area (Å²) < 4.78 is 23.0. The van der Waals surface area contributed by atoms with Crippen LogP contribution in [0.3, 0.4) is 0 Å². The molecule has 0 bridgehead atoms. The number of aliphatic imine (C=N–C) groups is 1. The summed E-state index contributed by atoms with van der Waals surface area (Å²) in [4.78, 5) is 4.98. The topological polar surface area (TPSA) is 70.6 Å². The second-order valence-corrected chi connectivity index (χ2v) is 8.60. The Hall–Kier alpha value is -2.34. The van der Waals surface area contributed by atoms with E-state index in [2.05, 4.69) is 46.8 Å². The van der Waals surface area contributed by atoms with Crippen LogP contribution in [-0.4, -0.2) is 40.3 Å². The second kappa shape index (κ2) is 10.1. The highest BCUT2D eigenvalue weighted by molar-refractivity contribution is 7.90. The molecule has 0 heterocycles. The molecule has 0 atom stereocenters. The van der Waals surface area contributed by atoms with Gasteiger partial charge in [0.25, 0.3) is 0 Å². The van der Waals surface area contributed by atoms with Crippen LogP contribution in [0.2, 0.25) is 0 Å². The zero-order chi connectivity index (χ0) is 19.7. The van der Waals surface area contributed by atoms with Crippen LogP contribution in [0.1, 0.15) is 23.6 Å².